The molecule has 0 aliphatic carbocycles. The molecule has 4 rings (SSSR count). The third kappa shape index (κ3) is 3.19. The van der Waals surface area contributed by atoms with Gasteiger partial charge in [-0.3, -0.25) is 0 Å². The van der Waals surface area contributed by atoms with Crippen molar-refractivity contribution in [2.24, 2.45) is 0 Å². The van der Waals surface area contributed by atoms with Crippen LogP contribution in [0.4, 0.5) is 5.82 Å². The van der Waals surface area contributed by atoms with E-state index in [0.717, 1.165) is 47.9 Å². The number of imidazole rings is 1. The lowest BCUT2D eigenvalue weighted by Gasteiger charge is -2.22. The van der Waals surface area contributed by atoms with Gasteiger partial charge in [0, 0.05) is 37.5 Å². The van der Waals surface area contributed by atoms with Gasteiger partial charge in [-0.15, -0.1) is 0 Å². The number of anilines is 1. The van der Waals surface area contributed by atoms with Gasteiger partial charge in [-0.2, -0.15) is 0 Å². The van der Waals surface area contributed by atoms with Gasteiger partial charge in [0.25, 0.3) is 0 Å². The second-order valence-electron chi connectivity index (χ2n) is 6.86. The van der Waals surface area contributed by atoms with E-state index in [4.69, 9.17) is 14.7 Å². The topological polar surface area (TPSA) is 43.2 Å². The average Bonchev–Trinajstić information content (AvgIpc) is 3.26. The molecule has 1 saturated heterocycles. The predicted molar refractivity (Wildman–Crippen MR) is 105 cm³/mol. The van der Waals surface area contributed by atoms with Crippen LogP contribution in [0.3, 0.4) is 0 Å². The fraction of sp³-hybridized carbons (Fsp3) is 0.429. The maximum Gasteiger partial charge on any atom is 0.142 e. The van der Waals surface area contributed by atoms with Crippen molar-refractivity contribution in [3.63, 3.8) is 0 Å². The third-order valence-corrected chi connectivity index (χ3v) is 5.17. The standard InChI is InChI=1S/C21H26N4O/c1-3-26-14-13-25-19-9-5-4-8-18(19)23-21(25)17-10-11-20(22-15-17)24-12-6-7-16(24)2/h4-5,8-11,15-16H,3,6-7,12-14H2,1-2H3/t16-/m0/s1. The molecule has 3 heterocycles. The third-order valence-electron chi connectivity index (χ3n) is 5.17. The summed E-state index contributed by atoms with van der Waals surface area (Å²) in [6, 6.07) is 13.1. The number of pyridine rings is 1. The van der Waals surface area contributed by atoms with Crippen molar-refractivity contribution in [2.75, 3.05) is 24.7 Å². The molecular formula is C21H26N4O. The minimum absolute atomic E-state index is 0.573. The molecule has 1 aliphatic heterocycles. The normalized spacial score (nSPS) is 17.3. The Morgan fingerprint density at radius 2 is 2.08 bits per heavy atom. The van der Waals surface area contributed by atoms with Crippen LogP contribution >= 0.6 is 0 Å². The van der Waals surface area contributed by atoms with Crippen molar-refractivity contribution in [1.82, 2.24) is 14.5 Å². The van der Waals surface area contributed by atoms with Gasteiger partial charge in [-0.25, -0.2) is 9.97 Å². The predicted octanol–water partition coefficient (Wildman–Crippen LogP) is 4.12. The smallest absolute Gasteiger partial charge is 0.142 e. The van der Waals surface area contributed by atoms with Crippen LogP contribution in [0.25, 0.3) is 22.4 Å². The quantitative estimate of drug-likeness (QED) is 0.627. The second kappa shape index (κ2) is 7.46. The highest BCUT2D eigenvalue weighted by Crippen LogP contribution is 2.28. The Bertz CT molecular complexity index is 871. The maximum atomic E-state index is 5.57. The Labute approximate surface area is 154 Å². The summed E-state index contributed by atoms with van der Waals surface area (Å²) in [5, 5.41) is 0. The number of aromatic nitrogens is 3. The van der Waals surface area contributed by atoms with Crippen LogP contribution in [0, 0.1) is 0 Å². The minimum Gasteiger partial charge on any atom is -0.380 e. The number of hydrogen-bond acceptors (Lipinski definition) is 4. The number of nitrogens with zero attached hydrogens (tertiary/aromatic N) is 4. The molecule has 1 fully saturated rings. The Balaban J connectivity index is 1.68. The zero-order valence-corrected chi connectivity index (χ0v) is 15.6. The molecule has 0 spiro atoms. The Kier molecular flexibility index (Phi) is 4.89. The minimum atomic E-state index is 0.573. The number of rotatable bonds is 6. The zero-order chi connectivity index (χ0) is 17.9. The van der Waals surface area contributed by atoms with E-state index in [1.165, 1.54) is 12.8 Å². The first-order valence-electron chi connectivity index (χ1n) is 9.54. The summed E-state index contributed by atoms with van der Waals surface area (Å²) in [6.07, 6.45) is 4.45. The van der Waals surface area contributed by atoms with E-state index in [-0.39, 0.29) is 0 Å². The molecule has 1 aromatic carbocycles. The average molecular weight is 350 g/mol. The van der Waals surface area contributed by atoms with Crippen LogP contribution in [0.2, 0.25) is 0 Å². The summed E-state index contributed by atoms with van der Waals surface area (Å²) < 4.78 is 7.81. The number of ether oxygens (including phenoxy) is 1. The van der Waals surface area contributed by atoms with E-state index in [1.54, 1.807) is 0 Å². The van der Waals surface area contributed by atoms with Crippen molar-refractivity contribution in [3.8, 4) is 11.4 Å². The fourth-order valence-electron chi connectivity index (χ4n) is 3.78. The summed E-state index contributed by atoms with van der Waals surface area (Å²) >= 11 is 0. The second-order valence-corrected chi connectivity index (χ2v) is 6.86. The summed E-state index contributed by atoms with van der Waals surface area (Å²) in [5.41, 5.74) is 3.20. The van der Waals surface area contributed by atoms with E-state index in [2.05, 4.69) is 46.7 Å². The first kappa shape index (κ1) is 17.0. The molecule has 0 N–H and O–H groups in total. The molecule has 5 heteroatoms. The summed E-state index contributed by atoms with van der Waals surface area (Å²) in [4.78, 5) is 12.0. The first-order chi connectivity index (χ1) is 12.8. The fourth-order valence-corrected chi connectivity index (χ4v) is 3.78. The molecule has 136 valence electrons. The zero-order valence-electron chi connectivity index (χ0n) is 15.6. The molecule has 0 radical (unpaired) electrons. The highest BCUT2D eigenvalue weighted by atomic mass is 16.5. The molecule has 2 aromatic heterocycles. The van der Waals surface area contributed by atoms with E-state index >= 15 is 0 Å². The highest BCUT2D eigenvalue weighted by molar-refractivity contribution is 5.80. The lowest BCUT2D eigenvalue weighted by Crippen LogP contribution is -2.26. The van der Waals surface area contributed by atoms with E-state index < -0.39 is 0 Å². The van der Waals surface area contributed by atoms with Crippen LogP contribution < -0.4 is 4.90 Å². The number of hydrogen-bond donors (Lipinski definition) is 0. The van der Waals surface area contributed by atoms with Crippen LogP contribution in [0.15, 0.2) is 42.6 Å². The SMILES string of the molecule is CCOCCn1c(-c2ccc(N3CCC[C@@H]3C)nc2)nc2ccccc21. The first-order valence-corrected chi connectivity index (χ1v) is 9.54. The van der Waals surface area contributed by atoms with E-state index in [0.29, 0.717) is 12.6 Å². The molecular weight excluding hydrogens is 324 g/mol. The monoisotopic (exact) mass is 350 g/mol. The van der Waals surface area contributed by atoms with Crippen molar-refractivity contribution in [1.29, 1.82) is 0 Å². The van der Waals surface area contributed by atoms with Crippen LogP contribution in [-0.2, 0) is 11.3 Å². The molecule has 1 atom stereocenters. The van der Waals surface area contributed by atoms with Gasteiger partial charge in [0.15, 0.2) is 0 Å². The van der Waals surface area contributed by atoms with E-state index in [1.807, 2.05) is 19.2 Å². The summed E-state index contributed by atoms with van der Waals surface area (Å²) in [6.45, 7) is 7.59. The van der Waals surface area contributed by atoms with Crippen molar-refractivity contribution < 1.29 is 4.74 Å². The van der Waals surface area contributed by atoms with Crippen LogP contribution in [0.5, 0.6) is 0 Å². The summed E-state index contributed by atoms with van der Waals surface area (Å²) in [7, 11) is 0. The lowest BCUT2D eigenvalue weighted by molar-refractivity contribution is 0.140. The van der Waals surface area contributed by atoms with Gasteiger partial charge in [-0.1, -0.05) is 12.1 Å². The molecule has 0 amide bonds. The molecule has 1 aliphatic rings. The van der Waals surface area contributed by atoms with Gasteiger partial charge >= 0.3 is 0 Å². The Morgan fingerprint density at radius 1 is 1.19 bits per heavy atom. The Hall–Kier alpha value is -2.40. The van der Waals surface area contributed by atoms with Crippen molar-refractivity contribution in [2.45, 2.75) is 39.3 Å². The molecule has 3 aromatic rings. The maximum absolute atomic E-state index is 5.57. The van der Waals surface area contributed by atoms with Gasteiger partial charge in [0.2, 0.25) is 0 Å². The van der Waals surface area contributed by atoms with Gasteiger partial charge in [-0.05, 0) is 51.0 Å². The lowest BCUT2D eigenvalue weighted by atomic mass is 10.2. The van der Waals surface area contributed by atoms with E-state index in [9.17, 15) is 0 Å². The Morgan fingerprint density at radius 3 is 2.81 bits per heavy atom. The molecule has 0 bridgehead atoms. The largest absolute Gasteiger partial charge is 0.380 e. The van der Waals surface area contributed by atoms with Gasteiger partial charge in [0.1, 0.15) is 11.6 Å². The number of para-hydroxylation sites is 2. The van der Waals surface area contributed by atoms with Crippen molar-refractivity contribution in [3.05, 3.63) is 42.6 Å². The van der Waals surface area contributed by atoms with Crippen LogP contribution in [-0.4, -0.2) is 40.3 Å². The number of fused-ring (bicyclic) bond motifs is 1. The molecule has 0 saturated carbocycles. The highest BCUT2D eigenvalue weighted by Gasteiger charge is 2.21. The molecule has 0 unspecified atom stereocenters. The number of benzene rings is 1. The van der Waals surface area contributed by atoms with Gasteiger partial charge < -0.3 is 14.2 Å². The molecule has 5 nitrogen and oxygen atoms in total. The van der Waals surface area contributed by atoms with Crippen molar-refractivity contribution >= 4 is 16.9 Å². The molecule has 26 heavy (non-hydrogen) atoms. The van der Waals surface area contributed by atoms with Gasteiger partial charge in [0.05, 0.1) is 17.6 Å². The van der Waals surface area contributed by atoms with Crippen LogP contribution in [0.1, 0.15) is 26.7 Å². The summed E-state index contributed by atoms with van der Waals surface area (Å²) in [5.74, 6) is 2.02.